The Morgan fingerprint density at radius 2 is 2.09 bits per heavy atom. The Hall–Kier alpha value is -3.63. The van der Waals surface area contributed by atoms with Crippen molar-refractivity contribution >= 4 is 22.8 Å². The smallest absolute Gasteiger partial charge is 0.343 e. The highest BCUT2D eigenvalue weighted by atomic mass is 19.1. The highest BCUT2D eigenvalue weighted by Gasteiger charge is 2.46. The Kier molecular flexibility index (Phi) is 4.49. The summed E-state index contributed by atoms with van der Waals surface area (Å²) < 4.78 is 21.4. The average molecular weight is 479 g/mol. The summed E-state index contributed by atoms with van der Waals surface area (Å²) in [6.07, 6.45) is 0.354. The van der Waals surface area contributed by atoms with Gasteiger partial charge in [0.05, 0.1) is 35.1 Å². The van der Waals surface area contributed by atoms with Gasteiger partial charge >= 0.3 is 5.97 Å². The number of nitrogens with zero attached hydrogens (tertiary/aromatic N) is 2. The summed E-state index contributed by atoms with van der Waals surface area (Å²) in [5.41, 5.74) is 1.93. The molecular formula is C25H22FN3O6. The third kappa shape index (κ3) is 2.74. The quantitative estimate of drug-likeness (QED) is 0.377. The van der Waals surface area contributed by atoms with E-state index in [2.05, 4.69) is 5.32 Å². The number of aliphatic hydroxyl groups is 2. The molecule has 1 aliphatic carbocycles. The van der Waals surface area contributed by atoms with E-state index in [1.54, 1.807) is 19.9 Å². The van der Waals surface area contributed by atoms with Gasteiger partial charge in [0.25, 0.3) is 5.56 Å². The monoisotopic (exact) mass is 479 g/mol. The highest BCUT2D eigenvalue weighted by Crippen LogP contribution is 2.46. The van der Waals surface area contributed by atoms with Crippen molar-refractivity contribution in [2.75, 3.05) is 6.61 Å². The van der Waals surface area contributed by atoms with Crippen LogP contribution in [0.25, 0.3) is 22.3 Å². The van der Waals surface area contributed by atoms with Crippen molar-refractivity contribution in [1.82, 2.24) is 14.9 Å². The number of carbonyl (C=O) groups is 2. The van der Waals surface area contributed by atoms with Gasteiger partial charge in [0, 0.05) is 22.6 Å². The highest BCUT2D eigenvalue weighted by molar-refractivity contribution is 5.95. The number of fused-ring (bicyclic) bond motifs is 5. The third-order valence-electron chi connectivity index (χ3n) is 7.58. The second-order valence-electron chi connectivity index (χ2n) is 9.29. The molecule has 10 heteroatoms. The maximum absolute atomic E-state index is 14.8. The van der Waals surface area contributed by atoms with Gasteiger partial charge in [0.2, 0.25) is 5.91 Å². The van der Waals surface area contributed by atoms with Crippen molar-refractivity contribution in [1.29, 1.82) is 0 Å². The molecule has 2 aromatic heterocycles. The van der Waals surface area contributed by atoms with Crippen molar-refractivity contribution in [3.63, 3.8) is 0 Å². The van der Waals surface area contributed by atoms with Crippen molar-refractivity contribution in [3.8, 4) is 11.4 Å². The summed E-state index contributed by atoms with van der Waals surface area (Å²) >= 11 is 0. The number of benzene rings is 1. The lowest BCUT2D eigenvalue weighted by Gasteiger charge is -2.31. The van der Waals surface area contributed by atoms with Crippen LogP contribution in [0.15, 0.2) is 16.9 Å². The van der Waals surface area contributed by atoms with E-state index in [9.17, 15) is 29.0 Å². The number of aliphatic hydroxyl groups excluding tert-OH is 1. The molecule has 1 unspecified atom stereocenters. The lowest BCUT2D eigenvalue weighted by Crippen LogP contribution is -2.44. The first-order valence-electron chi connectivity index (χ1n) is 11.4. The molecule has 3 aliphatic rings. The summed E-state index contributed by atoms with van der Waals surface area (Å²) in [5.74, 6) is -1.80. The Morgan fingerprint density at radius 1 is 1.31 bits per heavy atom. The van der Waals surface area contributed by atoms with Gasteiger partial charge in [-0.1, -0.05) is 6.92 Å². The third-order valence-corrected chi connectivity index (χ3v) is 7.58. The zero-order chi connectivity index (χ0) is 24.8. The fourth-order valence-electron chi connectivity index (χ4n) is 5.73. The van der Waals surface area contributed by atoms with Gasteiger partial charge in [-0.3, -0.25) is 9.59 Å². The van der Waals surface area contributed by atoms with Crippen LogP contribution < -0.4 is 10.9 Å². The van der Waals surface area contributed by atoms with E-state index < -0.39 is 41.5 Å². The fraction of sp³-hybridized carbons (Fsp3) is 0.360. The van der Waals surface area contributed by atoms with E-state index in [-0.39, 0.29) is 30.7 Å². The second kappa shape index (κ2) is 7.19. The van der Waals surface area contributed by atoms with E-state index in [0.29, 0.717) is 34.5 Å². The zero-order valence-electron chi connectivity index (χ0n) is 19.1. The SMILES string of the molecule is CC[C@@]1(O)C(=O)OCc2c1cc1n(c2=O)Cc2c-1nc1cc(F)c(C)c3c1c2C(NC(=O)CO)C3. The lowest BCUT2D eigenvalue weighted by atomic mass is 9.86. The molecule has 1 aromatic carbocycles. The van der Waals surface area contributed by atoms with Crippen LogP contribution in [0.1, 0.15) is 52.8 Å². The van der Waals surface area contributed by atoms with E-state index in [4.69, 9.17) is 9.72 Å². The number of amides is 1. The number of pyridine rings is 2. The number of carbonyl (C=O) groups excluding carboxylic acids is 2. The van der Waals surface area contributed by atoms with Gasteiger partial charge in [0.1, 0.15) is 19.0 Å². The largest absolute Gasteiger partial charge is 0.458 e. The maximum atomic E-state index is 14.8. The van der Waals surface area contributed by atoms with Gasteiger partial charge in [-0.05, 0) is 42.5 Å². The molecule has 3 N–H and O–H groups in total. The molecule has 35 heavy (non-hydrogen) atoms. The molecule has 0 saturated carbocycles. The van der Waals surface area contributed by atoms with Crippen molar-refractivity contribution in [3.05, 3.63) is 61.7 Å². The Morgan fingerprint density at radius 3 is 2.80 bits per heavy atom. The summed E-state index contributed by atoms with van der Waals surface area (Å²) in [7, 11) is 0. The number of halogens is 1. The molecule has 3 aromatic rings. The first kappa shape index (κ1) is 21.9. The number of ether oxygens (including phenoxy) is 1. The van der Waals surface area contributed by atoms with Crippen LogP contribution in [0.3, 0.4) is 0 Å². The second-order valence-corrected chi connectivity index (χ2v) is 9.29. The summed E-state index contributed by atoms with van der Waals surface area (Å²) in [6, 6.07) is 2.41. The minimum absolute atomic E-state index is 0.0219. The molecule has 0 radical (unpaired) electrons. The van der Waals surface area contributed by atoms with Crippen molar-refractivity contribution < 1.29 is 28.9 Å². The van der Waals surface area contributed by atoms with Gasteiger partial charge < -0.3 is 24.8 Å². The molecule has 0 saturated heterocycles. The van der Waals surface area contributed by atoms with E-state index in [1.807, 2.05) is 0 Å². The fourth-order valence-corrected chi connectivity index (χ4v) is 5.73. The average Bonchev–Trinajstić information content (AvgIpc) is 3.40. The first-order valence-corrected chi connectivity index (χ1v) is 11.4. The summed E-state index contributed by atoms with van der Waals surface area (Å²) in [5, 5.41) is 23.9. The molecule has 0 fully saturated rings. The van der Waals surface area contributed by atoms with Crippen LogP contribution >= 0.6 is 0 Å². The topological polar surface area (TPSA) is 131 Å². The number of rotatable bonds is 3. The molecule has 2 atom stereocenters. The van der Waals surface area contributed by atoms with Crippen LogP contribution in [0.4, 0.5) is 4.39 Å². The first-order chi connectivity index (χ1) is 16.7. The molecule has 6 rings (SSSR count). The predicted octanol–water partition coefficient (Wildman–Crippen LogP) is 1.23. The van der Waals surface area contributed by atoms with E-state index >= 15 is 0 Å². The van der Waals surface area contributed by atoms with Crippen LogP contribution in [0.2, 0.25) is 0 Å². The molecule has 2 aliphatic heterocycles. The molecule has 0 spiro atoms. The lowest BCUT2D eigenvalue weighted by molar-refractivity contribution is -0.172. The van der Waals surface area contributed by atoms with Crippen molar-refractivity contribution in [2.24, 2.45) is 0 Å². The minimum atomic E-state index is -1.95. The van der Waals surface area contributed by atoms with Gasteiger partial charge in [0.15, 0.2) is 5.60 Å². The normalized spacial score (nSPS) is 21.5. The predicted molar refractivity (Wildman–Crippen MR) is 121 cm³/mol. The molecule has 0 bridgehead atoms. The summed E-state index contributed by atoms with van der Waals surface area (Å²) in [4.78, 5) is 42.7. The Balaban J connectivity index is 1.65. The van der Waals surface area contributed by atoms with E-state index in [0.717, 1.165) is 16.5 Å². The standard InChI is InChI=1S/C25H22FN3O6/c1-3-25(34)14-5-18-22-12(7-29(18)23(32)13(14)9-35-24(25)33)21-16(27-19(31)8-30)4-11-10(2)15(26)6-17(28-22)20(11)21/h5-6,16,30,34H,3-4,7-9H2,1-2H3,(H,27,31)/t16?,25-/m0/s1. The molecular weight excluding hydrogens is 457 g/mol. The van der Waals surface area contributed by atoms with Gasteiger partial charge in [-0.25, -0.2) is 14.2 Å². The molecule has 180 valence electrons. The number of hydrogen-bond acceptors (Lipinski definition) is 7. The maximum Gasteiger partial charge on any atom is 0.343 e. The van der Waals surface area contributed by atoms with Crippen molar-refractivity contribution in [2.45, 2.75) is 51.5 Å². The number of cyclic esters (lactones) is 1. The van der Waals surface area contributed by atoms with E-state index in [1.165, 1.54) is 10.6 Å². The van der Waals surface area contributed by atoms with Gasteiger partial charge in [-0.2, -0.15) is 0 Å². The van der Waals surface area contributed by atoms with Crippen LogP contribution in [-0.4, -0.2) is 38.2 Å². The Labute approximate surface area is 198 Å². The molecule has 9 nitrogen and oxygen atoms in total. The molecule has 4 heterocycles. The number of hydrogen-bond donors (Lipinski definition) is 3. The number of aromatic nitrogens is 2. The number of nitrogens with one attached hydrogen (secondary N) is 1. The number of esters is 1. The van der Waals surface area contributed by atoms with Crippen LogP contribution in [0.5, 0.6) is 0 Å². The van der Waals surface area contributed by atoms with Gasteiger partial charge in [-0.15, -0.1) is 0 Å². The molecule has 1 amide bonds. The Bertz CT molecular complexity index is 1560. The minimum Gasteiger partial charge on any atom is -0.458 e. The summed E-state index contributed by atoms with van der Waals surface area (Å²) in [6.45, 7) is 2.54. The van der Waals surface area contributed by atoms with Crippen LogP contribution in [-0.2, 0) is 39.5 Å². The zero-order valence-corrected chi connectivity index (χ0v) is 19.1. The van der Waals surface area contributed by atoms with Crippen LogP contribution in [0, 0.1) is 12.7 Å².